The van der Waals surface area contributed by atoms with E-state index in [1.165, 1.54) is 18.3 Å². The average molecular weight is 247 g/mol. The molecule has 0 saturated heterocycles. The van der Waals surface area contributed by atoms with Crippen molar-refractivity contribution in [1.29, 1.82) is 0 Å². The van der Waals surface area contributed by atoms with Gasteiger partial charge in [-0.25, -0.2) is 9.37 Å². The van der Waals surface area contributed by atoms with Crippen molar-refractivity contribution in [3.05, 3.63) is 54.0 Å². The fourth-order valence-electron chi connectivity index (χ4n) is 1.46. The molecule has 2 aromatic rings. The molecule has 0 aliphatic rings. The first-order chi connectivity index (χ1) is 8.66. The Morgan fingerprint density at radius 2 is 2.06 bits per heavy atom. The van der Waals surface area contributed by atoms with Gasteiger partial charge in [-0.2, -0.15) is 0 Å². The Labute approximate surface area is 103 Å². The summed E-state index contributed by atoms with van der Waals surface area (Å²) in [4.78, 5) is 14.4. The number of pyridine rings is 1. The summed E-state index contributed by atoms with van der Waals surface area (Å²) in [5.74, 6) is -1.46. The molecule has 0 unspecified atom stereocenters. The maximum Gasteiger partial charge on any atom is 0.307 e. The van der Waals surface area contributed by atoms with Gasteiger partial charge < -0.3 is 9.84 Å². The first kappa shape index (κ1) is 12.0. The van der Waals surface area contributed by atoms with E-state index in [1.807, 2.05) is 0 Å². The number of hydrogen-bond acceptors (Lipinski definition) is 3. The molecule has 0 radical (unpaired) electrons. The van der Waals surface area contributed by atoms with E-state index < -0.39 is 11.8 Å². The Morgan fingerprint density at radius 3 is 2.78 bits per heavy atom. The van der Waals surface area contributed by atoms with Crippen molar-refractivity contribution in [2.75, 3.05) is 0 Å². The molecule has 0 fully saturated rings. The van der Waals surface area contributed by atoms with Crippen LogP contribution in [0.3, 0.4) is 0 Å². The van der Waals surface area contributed by atoms with Crippen LogP contribution >= 0.6 is 0 Å². The third kappa shape index (κ3) is 2.82. The molecular weight excluding hydrogens is 237 g/mol. The van der Waals surface area contributed by atoms with Crippen LogP contribution in [-0.2, 0) is 11.2 Å². The van der Waals surface area contributed by atoms with Crippen LogP contribution in [0.25, 0.3) is 0 Å². The lowest BCUT2D eigenvalue weighted by Gasteiger charge is -2.09. The van der Waals surface area contributed by atoms with Gasteiger partial charge >= 0.3 is 5.97 Å². The van der Waals surface area contributed by atoms with Crippen LogP contribution in [0.5, 0.6) is 11.6 Å². The van der Waals surface area contributed by atoms with E-state index in [-0.39, 0.29) is 18.1 Å². The van der Waals surface area contributed by atoms with Crippen LogP contribution in [0.2, 0.25) is 0 Å². The molecule has 0 saturated carbocycles. The molecule has 0 spiro atoms. The Balaban J connectivity index is 2.29. The summed E-state index contributed by atoms with van der Waals surface area (Å²) < 4.78 is 18.7. The van der Waals surface area contributed by atoms with Gasteiger partial charge in [0.15, 0.2) is 5.82 Å². The number of nitrogens with zero attached hydrogens (tertiary/aromatic N) is 1. The Hall–Kier alpha value is -2.43. The molecule has 18 heavy (non-hydrogen) atoms. The number of ether oxygens (including phenoxy) is 1. The third-order valence-corrected chi connectivity index (χ3v) is 2.25. The zero-order valence-electron chi connectivity index (χ0n) is 9.34. The minimum Gasteiger partial charge on any atom is -0.481 e. The summed E-state index contributed by atoms with van der Waals surface area (Å²) in [6.07, 6.45) is 1.21. The lowest BCUT2D eigenvalue weighted by molar-refractivity contribution is -0.136. The molecule has 92 valence electrons. The molecule has 1 aromatic heterocycles. The molecule has 2 rings (SSSR count). The number of hydrogen-bond donors (Lipinski definition) is 1. The first-order valence-electron chi connectivity index (χ1n) is 5.25. The smallest absolute Gasteiger partial charge is 0.307 e. The number of carboxylic acid groups (broad SMARTS) is 1. The number of benzene rings is 1. The highest BCUT2D eigenvalue weighted by molar-refractivity contribution is 5.71. The van der Waals surface area contributed by atoms with Crippen LogP contribution < -0.4 is 4.74 Å². The summed E-state index contributed by atoms with van der Waals surface area (Å²) in [7, 11) is 0. The van der Waals surface area contributed by atoms with Crippen LogP contribution in [-0.4, -0.2) is 16.1 Å². The summed E-state index contributed by atoms with van der Waals surface area (Å²) in [6.45, 7) is 0. The highest BCUT2D eigenvalue weighted by atomic mass is 19.1. The largest absolute Gasteiger partial charge is 0.481 e. The molecule has 1 N–H and O–H groups in total. The zero-order chi connectivity index (χ0) is 13.0. The van der Waals surface area contributed by atoms with Crippen molar-refractivity contribution >= 4 is 5.97 Å². The molecule has 0 bridgehead atoms. The van der Waals surface area contributed by atoms with Crippen molar-refractivity contribution in [3.63, 3.8) is 0 Å². The van der Waals surface area contributed by atoms with Crippen LogP contribution in [0.1, 0.15) is 5.56 Å². The number of aromatic nitrogens is 1. The molecule has 0 atom stereocenters. The summed E-state index contributed by atoms with van der Waals surface area (Å²) in [5.41, 5.74) is 0.468. The monoisotopic (exact) mass is 247 g/mol. The Morgan fingerprint density at radius 1 is 1.28 bits per heavy atom. The predicted octanol–water partition coefficient (Wildman–Crippen LogP) is 2.64. The molecule has 0 amide bonds. The molecule has 0 aliphatic carbocycles. The van der Waals surface area contributed by atoms with Crippen LogP contribution in [0, 0.1) is 5.82 Å². The minimum atomic E-state index is -0.979. The van der Waals surface area contributed by atoms with Crippen molar-refractivity contribution < 1.29 is 19.0 Å². The second-order valence-corrected chi connectivity index (χ2v) is 3.57. The van der Waals surface area contributed by atoms with Gasteiger partial charge in [0.1, 0.15) is 5.75 Å². The van der Waals surface area contributed by atoms with Gasteiger partial charge in [0, 0.05) is 11.8 Å². The Bertz CT molecular complexity index is 572. The number of halogens is 1. The lowest BCUT2D eigenvalue weighted by Crippen LogP contribution is -2.02. The van der Waals surface area contributed by atoms with Crippen LogP contribution in [0.4, 0.5) is 4.39 Å². The Kier molecular flexibility index (Phi) is 3.52. The number of para-hydroxylation sites is 1. The quantitative estimate of drug-likeness (QED) is 0.902. The highest BCUT2D eigenvalue weighted by Gasteiger charge is 2.11. The predicted molar refractivity (Wildman–Crippen MR) is 62.1 cm³/mol. The standard InChI is InChI=1S/C13H10FNO3/c14-10-5-3-7-15-13(10)18-11-6-2-1-4-9(11)8-12(16)17/h1-7H,8H2,(H,16,17). The van der Waals surface area contributed by atoms with Gasteiger partial charge in [0.2, 0.25) is 0 Å². The maximum absolute atomic E-state index is 13.4. The van der Waals surface area contributed by atoms with Gasteiger partial charge in [0.25, 0.3) is 5.88 Å². The van der Waals surface area contributed by atoms with Gasteiger partial charge in [0.05, 0.1) is 6.42 Å². The molecular formula is C13H10FNO3. The van der Waals surface area contributed by atoms with E-state index in [0.717, 1.165) is 0 Å². The number of carboxylic acids is 1. The van der Waals surface area contributed by atoms with E-state index >= 15 is 0 Å². The number of carbonyl (C=O) groups is 1. The van der Waals surface area contributed by atoms with Crippen LogP contribution in [0.15, 0.2) is 42.6 Å². The number of rotatable bonds is 4. The van der Waals surface area contributed by atoms with E-state index in [4.69, 9.17) is 9.84 Å². The average Bonchev–Trinajstić information content (AvgIpc) is 2.34. The van der Waals surface area contributed by atoms with Crippen molar-refractivity contribution in [1.82, 2.24) is 4.98 Å². The lowest BCUT2D eigenvalue weighted by atomic mass is 10.1. The molecule has 1 aromatic carbocycles. The van der Waals surface area contributed by atoms with Crippen molar-refractivity contribution in [3.8, 4) is 11.6 Å². The van der Waals surface area contributed by atoms with E-state index in [2.05, 4.69) is 4.98 Å². The summed E-state index contributed by atoms with van der Waals surface area (Å²) in [6, 6.07) is 9.24. The third-order valence-electron chi connectivity index (χ3n) is 2.25. The van der Waals surface area contributed by atoms with E-state index in [9.17, 15) is 9.18 Å². The van der Waals surface area contributed by atoms with E-state index in [1.54, 1.807) is 24.3 Å². The summed E-state index contributed by atoms with van der Waals surface area (Å²) >= 11 is 0. The maximum atomic E-state index is 13.4. The van der Waals surface area contributed by atoms with Gasteiger partial charge in [-0.15, -0.1) is 0 Å². The molecule has 4 nitrogen and oxygen atoms in total. The fourth-order valence-corrected chi connectivity index (χ4v) is 1.46. The normalized spacial score (nSPS) is 10.1. The SMILES string of the molecule is O=C(O)Cc1ccccc1Oc1ncccc1F. The second kappa shape index (κ2) is 5.27. The second-order valence-electron chi connectivity index (χ2n) is 3.57. The zero-order valence-corrected chi connectivity index (χ0v) is 9.34. The van der Waals surface area contributed by atoms with Gasteiger partial charge in [-0.1, -0.05) is 18.2 Å². The summed E-state index contributed by atoms with van der Waals surface area (Å²) in [5, 5.41) is 8.77. The molecule has 0 aliphatic heterocycles. The van der Waals surface area contributed by atoms with Gasteiger partial charge in [-0.3, -0.25) is 4.79 Å². The molecule has 1 heterocycles. The van der Waals surface area contributed by atoms with Crippen molar-refractivity contribution in [2.45, 2.75) is 6.42 Å². The minimum absolute atomic E-state index is 0.171. The number of aliphatic carboxylic acids is 1. The topological polar surface area (TPSA) is 59.4 Å². The van der Waals surface area contributed by atoms with E-state index in [0.29, 0.717) is 5.56 Å². The first-order valence-corrected chi connectivity index (χ1v) is 5.25. The fraction of sp³-hybridized carbons (Fsp3) is 0.0769. The van der Waals surface area contributed by atoms with Gasteiger partial charge in [-0.05, 0) is 18.2 Å². The highest BCUT2D eigenvalue weighted by Crippen LogP contribution is 2.25. The molecule has 5 heteroatoms. The van der Waals surface area contributed by atoms with Crippen molar-refractivity contribution in [2.24, 2.45) is 0 Å².